The molecule has 0 atom stereocenters. The largest absolute Gasteiger partial charge is 0.428 e. The quantitative estimate of drug-likeness (QED) is 0.189. The molecule has 18 heavy (non-hydrogen) atoms. The number of esters is 2. The Balaban J connectivity index is 0. The summed E-state index contributed by atoms with van der Waals surface area (Å²) in [5, 5.41) is 13.7. The Morgan fingerprint density at radius 3 is 1.83 bits per heavy atom. The maximum Gasteiger partial charge on any atom is 0.428 e. The lowest BCUT2D eigenvalue weighted by atomic mass is 10.5. The van der Waals surface area contributed by atoms with Crippen molar-refractivity contribution in [2.24, 2.45) is 0 Å². The van der Waals surface area contributed by atoms with Crippen molar-refractivity contribution in [3.63, 3.8) is 0 Å². The van der Waals surface area contributed by atoms with Gasteiger partial charge < -0.3 is 14.2 Å². The number of ether oxygens (including phenoxy) is 3. The summed E-state index contributed by atoms with van der Waals surface area (Å²) in [6, 6.07) is 0. The van der Waals surface area contributed by atoms with Crippen LogP contribution in [0.25, 0.3) is 0 Å². The molecular formula is C10H10N2O6. The van der Waals surface area contributed by atoms with Crippen molar-refractivity contribution in [2.75, 3.05) is 0 Å². The minimum Gasteiger partial charge on any atom is -0.384 e. The third-order valence-corrected chi connectivity index (χ3v) is 1.14. The Kier molecular flexibility index (Phi) is 9.06. The number of nitriles is 1. The topological polar surface area (TPSA) is 127 Å². The zero-order valence-electron chi connectivity index (χ0n) is 9.47. The van der Waals surface area contributed by atoms with E-state index in [2.05, 4.69) is 27.4 Å². The van der Waals surface area contributed by atoms with Gasteiger partial charge in [0.1, 0.15) is 0 Å². The van der Waals surface area contributed by atoms with E-state index in [-0.39, 0.29) is 0 Å². The zero-order chi connectivity index (χ0) is 14.6. The molecule has 0 amide bonds. The molecule has 0 saturated heterocycles. The highest BCUT2D eigenvalue weighted by molar-refractivity contribution is 5.83. The SMILES string of the molecule is C=CC(=O)OC(C)(OC#N)OC(=O)C=C.N=C=O. The summed E-state index contributed by atoms with van der Waals surface area (Å²) < 4.78 is 13.3. The van der Waals surface area contributed by atoms with Gasteiger partial charge in [-0.15, -0.1) is 0 Å². The number of carbonyl (C=O) groups excluding carboxylic acids is 3. The second-order valence-electron chi connectivity index (χ2n) is 2.41. The van der Waals surface area contributed by atoms with Gasteiger partial charge in [-0.3, -0.25) is 0 Å². The van der Waals surface area contributed by atoms with Crippen LogP contribution in [0.3, 0.4) is 0 Å². The van der Waals surface area contributed by atoms with E-state index in [1.54, 1.807) is 0 Å². The number of rotatable bonds is 5. The number of carbonyl (C=O) groups is 2. The van der Waals surface area contributed by atoms with Gasteiger partial charge in [0, 0.05) is 12.2 Å². The summed E-state index contributed by atoms with van der Waals surface area (Å²) in [7, 11) is 0. The molecule has 0 aromatic heterocycles. The van der Waals surface area contributed by atoms with Crippen LogP contribution in [0.4, 0.5) is 0 Å². The molecule has 0 spiro atoms. The molecule has 0 heterocycles. The Morgan fingerprint density at radius 2 is 1.61 bits per heavy atom. The van der Waals surface area contributed by atoms with E-state index in [4.69, 9.17) is 15.5 Å². The number of isocyanates is 1. The van der Waals surface area contributed by atoms with Crippen molar-refractivity contribution in [2.45, 2.75) is 12.9 Å². The molecule has 96 valence electrons. The minimum absolute atomic E-state index is 0.750. The van der Waals surface area contributed by atoms with Crippen LogP contribution < -0.4 is 0 Å². The zero-order valence-corrected chi connectivity index (χ0v) is 9.47. The molecule has 0 aliphatic rings. The minimum atomic E-state index is -2.11. The third kappa shape index (κ3) is 8.40. The van der Waals surface area contributed by atoms with Crippen LogP contribution in [0.15, 0.2) is 25.3 Å². The Bertz CT molecular complexity index is 381. The second kappa shape index (κ2) is 9.33. The average Bonchev–Trinajstić information content (AvgIpc) is 2.29. The molecule has 8 nitrogen and oxygen atoms in total. The van der Waals surface area contributed by atoms with Crippen molar-refractivity contribution in [3.05, 3.63) is 25.3 Å². The van der Waals surface area contributed by atoms with E-state index in [1.165, 1.54) is 6.26 Å². The maximum atomic E-state index is 10.8. The van der Waals surface area contributed by atoms with Crippen LogP contribution >= 0.6 is 0 Å². The van der Waals surface area contributed by atoms with Crippen molar-refractivity contribution < 1.29 is 28.6 Å². The van der Waals surface area contributed by atoms with Crippen LogP contribution in [0.5, 0.6) is 0 Å². The fourth-order valence-corrected chi connectivity index (χ4v) is 0.594. The average molecular weight is 254 g/mol. The molecule has 0 aromatic rings. The number of hydrogen-bond acceptors (Lipinski definition) is 8. The van der Waals surface area contributed by atoms with E-state index in [0.29, 0.717) is 0 Å². The van der Waals surface area contributed by atoms with Crippen LogP contribution in [0.1, 0.15) is 6.92 Å². The van der Waals surface area contributed by atoms with Crippen LogP contribution in [0.2, 0.25) is 0 Å². The molecular weight excluding hydrogens is 244 g/mol. The van der Waals surface area contributed by atoms with E-state index in [9.17, 15) is 9.59 Å². The fraction of sp³-hybridized carbons (Fsp3) is 0.200. The smallest absolute Gasteiger partial charge is 0.384 e. The number of nitrogens with one attached hydrogen (secondary N) is 1. The van der Waals surface area contributed by atoms with E-state index >= 15 is 0 Å². The Hall–Kier alpha value is -2.91. The lowest BCUT2D eigenvalue weighted by Crippen LogP contribution is -2.38. The molecule has 8 heteroatoms. The summed E-state index contributed by atoms with van der Waals surface area (Å²) in [4.78, 5) is 30.0. The number of hydrogen-bond donors (Lipinski definition) is 1. The third-order valence-electron chi connectivity index (χ3n) is 1.14. The highest BCUT2D eigenvalue weighted by Crippen LogP contribution is 2.15. The molecule has 0 fully saturated rings. The van der Waals surface area contributed by atoms with E-state index in [1.807, 2.05) is 0 Å². The molecule has 0 rings (SSSR count). The summed E-state index contributed by atoms with van der Waals surface area (Å²) in [5.41, 5.74) is 0. The van der Waals surface area contributed by atoms with Gasteiger partial charge in [0.15, 0.2) is 0 Å². The van der Waals surface area contributed by atoms with E-state index in [0.717, 1.165) is 25.2 Å². The molecule has 0 bridgehead atoms. The van der Waals surface area contributed by atoms with Crippen molar-refractivity contribution in [1.29, 1.82) is 10.7 Å². The molecule has 0 aliphatic carbocycles. The van der Waals surface area contributed by atoms with Crippen molar-refractivity contribution in [3.8, 4) is 6.26 Å². The van der Waals surface area contributed by atoms with Gasteiger partial charge in [0.25, 0.3) is 6.26 Å². The molecule has 1 N–H and O–H groups in total. The maximum absolute atomic E-state index is 10.8. The van der Waals surface area contributed by atoms with Crippen molar-refractivity contribution in [1.82, 2.24) is 0 Å². The van der Waals surface area contributed by atoms with Gasteiger partial charge in [0.05, 0.1) is 6.92 Å². The molecule has 0 radical (unpaired) electrons. The van der Waals surface area contributed by atoms with Gasteiger partial charge in [-0.1, -0.05) is 13.2 Å². The monoisotopic (exact) mass is 254 g/mol. The second-order valence-corrected chi connectivity index (χ2v) is 2.41. The summed E-state index contributed by atoms with van der Waals surface area (Å²) in [5.74, 6) is -3.90. The lowest BCUT2D eigenvalue weighted by Gasteiger charge is -2.23. The van der Waals surface area contributed by atoms with E-state index < -0.39 is 17.9 Å². The van der Waals surface area contributed by atoms with Crippen molar-refractivity contribution >= 4 is 18.0 Å². The molecule has 0 saturated carbocycles. The number of nitrogens with zero attached hydrogens (tertiary/aromatic N) is 1. The van der Waals surface area contributed by atoms with Gasteiger partial charge in [-0.25, -0.2) is 19.8 Å². The van der Waals surface area contributed by atoms with Gasteiger partial charge in [-0.05, 0) is 0 Å². The van der Waals surface area contributed by atoms with Gasteiger partial charge in [-0.2, -0.15) is 5.26 Å². The molecule has 0 unspecified atom stereocenters. The highest BCUT2D eigenvalue weighted by Gasteiger charge is 2.35. The van der Waals surface area contributed by atoms with Crippen LogP contribution in [0, 0.1) is 16.9 Å². The first kappa shape index (κ1) is 17.5. The molecule has 0 aliphatic heterocycles. The molecule has 0 aromatic carbocycles. The summed E-state index contributed by atoms with van der Waals surface area (Å²) in [6.45, 7) is 7.34. The highest BCUT2D eigenvalue weighted by atomic mass is 16.9. The predicted molar refractivity (Wildman–Crippen MR) is 56.1 cm³/mol. The van der Waals surface area contributed by atoms with Crippen LogP contribution in [-0.2, 0) is 28.6 Å². The standard InChI is InChI=1S/C9H9NO5.CHNO/c1-4-7(11)14-9(3,13-6-10)15-8(12)5-2;2-1-3/h4-5H,1-2H2,3H3;2H. The first-order chi connectivity index (χ1) is 8.38. The van der Waals surface area contributed by atoms with Crippen LogP contribution in [-0.4, -0.2) is 24.0 Å². The lowest BCUT2D eigenvalue weighted by molar-refractivity contribution is -0.307. The summed E-state index contributed by atoms with van der Waals surface area (Å²) >= 11 is 0. The Labute approximate surface area is 103 Å². The van der Waals surface area contributed by atoms with Gasteiger partial charge in [0.2, 0.25) is 6.08 Å². The summed E-state index contributed by atoms with van der Waals surface area (Å²) in [6.07, 6.45) is 3.66. The van der Waals surface area contributed by atoms with Gasteiger partial charge >= 0.3 is 17.9 Å². The first-order valence-corrected chi connectivity index (χ1v) is 4.20. The first-order valence-electron chi connectivity index (χ1n) is 4.20. The Morgan fingerprint density at radius 1 is 1.28 bits per heavy atom. The predicted octanol–water partition coefficient (Wildman–Crippen LogP) is 0.517. The normalized spacial score (nSPS) is 8.22. The fourth-order valence-electron chi connectivity index (χ4n) is 0.594.